The highest BCUT2D eigenvalue weighted by Gasteiger charge is 2.20. The molecule has 1 N–H and O–H groups in total. The summed E-state index contributed by atoms with van der Waals surface area (Å²) in [7, 11) is 0. The zero-order valence-electron chi connectivity index (χ0n) is 11.4. The van der Waals surface area contributed by atoms with Crippen LogP contribution < -0.4 is 0 Å². The van der Waals surface area contributed by atoms with Gasteiger partial charge in [0.2, 0.25) is 0 Å². The van der Waals surface area contributed by atoms with Gasteiger partial charge in [0.1, 0.15) is 5.76 Å². The van der Waals surface area contributed by atoms with Crippen molar-refractivity contribution < 1.29 is 5.11 Å². The smallest absolute Gasteiger partial charge is 0.126 e. The molecule has 0 bridgehead atoms. The quantitative estimate of drug-likeness (QED) is 0.779. The van der Waals surface area contributed by atoms with Gasteiger partial charge >= 0.3 is 0 Å². The van der Waals surface area contributed by atoms with Crippen LogP contribution in [0.3, 0.4) is 0 Å². The fourth-order valence-corrected chi connectivity index (χ4v) is 2.83. The molecule has 0 saturated heterocycles. The number of fused-ring (bicyclic) bond motifs is 1. The molecular formula is C18H18O. The molecule has 1 nitrogen and oxygen atoms in total. The molecule has 0 heterocycles. The fourth-order valence-electron chi connectivity index (χ4n) is 2.83. The highest BCUT2D eigenvalue weighted by molar-refractivity contribution is 5.90. The van der Waals surface area contributed by atoms with Gasteiger partial charge in [0, 0.05) is 11.1 Å². The third-order valence-corrected chi connectivity index (χ3v) is 3.92. The van der Waals surface area contributed by atoms with Crippen LogP contribution in [0, 0.1) is 13.8 Å². The van der Waals surface area contributed by atoms with Crippen molar-refractivity contribution in [2.24, 2.45) is 0 Å². The molecule has 2 aromatic rings. The Morgan fingerprint density at radius 1 is 0.895 bits per heavy atom. The predicted molar refractivity (Wildman–Crippen MR) is 80.1 cm³/mol. The number of rotatable bonds is 1. The Balaban J connectivity index is 2.18. The Labute approximate surface area is 114 Å². The third kappa shape index (κ3) is 2.06. The Bertz CT molecular complexity index is 665. The maximum atomic E-state index is 10.6. The van der Waals surface area contributed by atoms with Crippen LogP contribution in [0.4, 0.5) is 0 Å². The first-order chi connectivity index (χ1) is 9.16. The van der Waals surface area contributed by atoms with Gasteiger partial charge in [-0.05, 0) is 43.4 Å². The summed E-state index contributed by atoms with van der Waals surface area (Å²) in [6.45, 7) is 4.20. The van der Waals surface area contributed by atoms with Gasteiger partial charge in [-0.1, -0.05) is 48.0 Å². The van der Waals surface area contributed by atoms with E-state index in [4.69, 9.17) is 0 Å². The van der Waals surface area contributed by atoms with Gasteiger partial charge in [-0.25, -0.2) is 0 Å². The number of aliphatic hydroxyl groups is 1. The van der Waals surface area contributed by atoms with E-state index < -0.39 is 0 Å². The Hall–Kier alpha value is -2.02. The summed E-state index contributed by atoms with van der Waals surface area (Å²) in [5, 5.41) is 10.6. The summed E-state index contributed by atoms with van der Waals surface area (Å²) in [5.74, 6) is 0.454. The van der Waals surface area contributed by atoms with E-state index in [1.165, 1.54) is 22.3 Å². The average molecular weight is 250 g/mol. The number of hydrogen-bond donors (Lipinski definition) is 1. The van der Waals surface area contributed by atoms with Gasteiger partial charge < -0.3 is 5.11 Å². The number of aryl methyl sites for hydroxylation is 3. The monoisotopic (exact) mass is 250 g/mol. The van der Waals surface area contributed by atoms with Crippen LogP contribution in [0.25, 0.3) is 11.3 Å². The van der Waals surface area contributed by atoms with Crippen molar-refractivity contribution in [2.45, 2.75) is 26.7 Å². The van der Waals surface area contributed by atoms with E-state index >= 15 is 0 Å². The lowest BCUT2D eigenvalue weighted by Crippen LogP contribution is -2.05. The minimum atomic E-state index is 0.454. The molecule has 96 valence electrons. The van der Waals surface area contributed by atoms with Crippen LogP contribution in [0.2, 0.25) is 0 Å². The molecule has 19 heavy (non-hydrogen) atoms. The molecule has 0 radical (unpaired) electrons. The highest BCUT2D eigenvalue weighted by Crippen LogP contribution is 2.36. The summed E-state index contributed by atoms with van der Waals surface area (Å²) in [5.41, 5.74) is 6.97. The van der Waals surface area contributed by atoms with Gasteiger partial charge in [0.05, 0.1) is 0 Å². The van der Waals surface area contributed by atoms with Crippen molar-refractivity contribution in [3.05, 3.63) is 70.3 Å². The van der Waals surface area contributed by atoms with Gasteiger partial charge in [0.15, 0.2) is 0 Å². The number of hydrogen-bond acceptors (Lipinski definition) is 1. The second-order valence-corrected chi connectivity index (χ2v) is 5.30. The minimum absolute atomic E-state index is 0.454. The summed E-state index contributed by atoms with van der Waals surface area (Å²) in [4.78, 5) is 0. The van der Waals surface area contributed by atoms with E-state index in [1.807, 2.05) is 18.2 Å². The van der Waals surface area contributed by atoms with Crippen molar-refractivity contribution in [1.82, 2.24) is 0 Å². The van der Waals surface area contributed by atoms with Gasteiger partial charge in [-0.3, -0.25) is 0 Å². The normalized spacial score (nSPS) is 14.4. The van der Waals surface area contributed by atoms with Gasteiger partial charge in [-0.2, -0.15) is 0 Å². The van der Waals surface area contributed by atoms with Crippen LogP contribution in [-0.4, -0.2) is 5.11 Å². The van der Waals surface area contributed by atoms with Crippen molar-refractivity contribution in [3.8, 4) is 0 Å². The standard InChI is InChI=1S/C18H18O/c1-12-7-8-13(2)17(11-12)16-10-9-14-5-3-4-6-15(14)18(16)19/h3-8,11,19H,9-10H2,1-2H3. The molecule has 1 aliphatic carbocycles. The van der Waals surface area contributed by atoms with E-state index in [2.05, 4.69) is 38.1 Å². The highest BCUT2D eigenvalue weighted by atomic mass is 16.3. The minimum Gasteiger partial charge on any atom is -0.507 e. The van der Waals surface area contributed by atoms with Crippen LogP contribution in [0.15, 0.2) is 42.5 Å². The molecule has 2 aromatic carbocycles. The second kappa shape index (κ2) is 4.58. The van der Waals surface area contributed by atoms with E-state index in [0.717, 1.165) is 24.0 Å². The summed E-state index contributed by atoms with van der Waals surface area (Å²) < 4.78 is 0. The zero-order valence-corrected chi connectivity index (χ0v) is 11.4. The first-order valence-electron chi connectivity index (χ1n) is 6.75. The lowest BCUT2D eigenvalue weighted by molar-refractivity contribution is 0.508. The molecule has 0 unspecified atom stereocenters. The molecular weight excluding hydrogens is 232 g/mol. The molecule has 3 rings (SSSR count). The van der Waals surface area contributed by atoms with Crippen LogP contribution in [-0.2, 0) is 6.42 Å². The lowest BCUT2D eigenvalue weighted by Gasteiger charge is -2.21. The molecule has 0 saturated carbocycles. The van der Waals surface area contributed by atoms with Crippen molar-refractivity contribution in [1.29, 1.82) is 0 Å². The summed E-state index contributed by atoms with van der Waals surface area (Å²) >= 11 is 0. The fraction of sp³-hybridized carbons (Fsp3) is 0.222. The number of aliphatic hydroxyl groups excluding tert-OH is 1. The first kappa shape index (κ1) is 12.0. The maximum Gasteiger partial charge on any atom is 0.126 e. The molecule has 1 heteroatoms. The van der Waals surface area contributed by atoms with Crippen LogP contribution in [0.1, 0.15) is 34.2 Å². The van der Waals surface area contributed by atoms with Crippen LogP contribution in [0.5, 0.6) is 0 Å². The maximum absolute atomic E-state index is 10.6. The van der Waals surface area contributed by atoms with E-state index in [9.17, 15) is 5.11 Å². The molecule has 1 aliphatic rings. The first-order valence-corrected chi connectivity index (χ1v) is 6.75. The largest absolute Gasteiger partial charge is 0.507 e. The molecule has 0 spiro atoms. The second-order valence-electron chi connectivity index (χ2n) is 5.30. The average Bonchev–Trinajstić information content (AvgIpc) is 2.43. The Morgan fingerprint density at radius 3 is 2.53 bits per heavy atom. The Kier molecular flexibility index (Phi) is 2.90. The Morgan fingerprint density at radius 2 is 1.68 bits per heavy atom. The van der Waals surface area contributed by atoms with Crippen molar-refractivity contribution >= 4 is 11.3 Å². The molecule has 0 amide bonds. The van der Waals surface area contributed by atoms with Gasteiger partial charge in [0.25, 0.3) is 0 Å². The van der Waals surface area contributed by atoms with E-state index in [-0.39, 0.29) is 0 Å². The molecule has 0 aromatic heterocycles. The molecule has 0 fully saturated rings. The SMILES string of the molecule is Cc1ccc(C)c(C2=C(O)c3ccccc3CC2)c1. The predicted octanol–water partition coefficient (Wildman–Crippen LogP) is 4.68. The molecule has 0 atom stereocenters. The topological polar surface area (TPSA) is 20.2 Å². The summed E-state index contributed by atoms with van der Waals surface area (Å²) in [6.07, 6.45) is 1.91. The number of benzene rings is 2. The van der Waals surface area contributed by atoms with Gasteiger partial charge in [-0.15, -0.1) is 0 Å². The van der Waals surface area contributed by atoms with E-state index in [0.29, 0.717) is 5.76 Å². The zero-order chi connectivity index (χ0) is 13.4. The summed E-state index contributed by atoms with van der Waals surface area (Å²) in [6, 6.07) is 14.6. The molecule has 0 aliphatic heterocycles. The van der Waals surface area contributed by atoms with Crippen LogP contribution >= 0.6 is 0 Å². The van der Waals surface area contributed by atoms with E-state index in [1.54, 1.807) is 0 Å². The lowest BCUT2D eigenvalue weighted by atomic mass is 9.85. The van der Waals surface area contributed by atoms with Crippen molar-refractivity contribution in [2.75, 3.05) is 0 Å². The third-order valence-electron chi connectivity index (χ3n) is 3.92. The van der Waals surface area contributed by atoms with Crippen molar-refractivity contribution in [3.63, 3.8) is 0 Å². The number of allylic oxidation sites excluding steroid dienone is 1.